The van der Waals surface area contributed by atoms with Crippen LogP contribution < -0.4 is 4.90 Å². The highest BCUT2D eigenvalue weighted by Gasteiger charge is 2.29. The maximum Gasteiger partial charge on any atom is 0.277 e. The van der Waals surface area contributed by atoms with E-state index in [1.54, 1.807) is 4.90 Å². The molecule has 2 heterocycles. The molecule has 132 valence electrons. The number of hydrogen-bond donors (Lipinski definition) is 1. The van der Waals surface area contributed by atoms with Crippen molar-refractivity contribution < 1.29 is 9.90 Å². The average Bonchev–Trinajstić information content (AvgIpc) is 2.81. The molecule has 1 aliphatic rings. The quantitative estimate of drug-likeness (QED) is 0.526. The summed E-state index contributed by atoms with van der Waals surface area (Å²) in [6, 6.07) is 11.5. The van der Waals surface area contributed by atoms with Gasteiger partial charge in [0.15, 0.2) is 5.16 Å². The number of halogens is 1. The van der Waals surface area contributed by atoms with Gasteiger partial charge in [0.2, 0.25) is 5.88 Å². The van der Waals surface area contributed by atoms with Crippen molar-refractivity contribution in [3.8, 4) is 5.88 Å². The Morgan fingerprint density at radius 2 is 1.96 bits per heavy atom. The van der Waals surface area contributed by atoms with Crippen LogP contribution in [0.3, 0.4) is 0 Å². The van der Waals surface area contributed by atoms with Crippen LogP contribution in [0.15, 0.2) is 41.6 Å². The normalized spacial score (nSPS) is 14.4. The van der Waals surface area contributed by atoms with Crippen LogP contribution in [0.5, 0.6) is 5.88 Å². The Labute approximate surface area is 160 Å². The predicted octanol–water partition coefficient (Wildman–Crippen LogP) is 4.30. The van der Waals surface area contributed by atoms with E-state index >= 15 is 0 Å². The van der Waals surface area contributed by atoms with Crippen LogP contribution in [0.25, 0.3) is 10.8 Å². The van der Waals surface area contributed by atoms with E-state index in [4.69, 9.17) is 11.6 Å². The third-order valence-corrected chi connectivity index (χ3v) is 5.39. The highest BCUT2D eigenvalue weighted by Crippen LogP contribution is 2.35. The molecule has 0 atom stereocenters. The highest BCUT2D eigenvalue weighted by atomic mass is 35.5. The van der Waals surface area contributed by atoms with Gasteiger partial charge in [-0.25, -0.2) is 4.98 Å². The molecule has 5 nitrogen and oxygen atoms in total. The smallest absolute Gasteiger partial charge is 0.277 e. The van der Waals surface area contributed by atoms with Gasteiger partial charge in [0.25, 0.3) is 5.91 Å². The molecule has 7 heteroatoms. The van der Waals surface area contributed by atoms with Crippen molar-refractivity contribution in [1.29, 1.82) is 0 Å². The summed E-state index contributed by atoms with van der Waals surface area (Å²) in [4.78, 5) is 23.4. The number of benzene rings is 2. The Balaban J connectivity index is 1.90. The standard InChI is InChI=1S/C19H16ClN3O2S/c1-26-19-21-16-12(17(24)22-19)7-4-10-23(18(16)25)14-9-3-6-11-5-2-8-13(20)15(11)14/h2-3,5-6,8-9H,4,7,10H2,1H3,(H,21,22,24). The van der Waals surface area contributed by atoms with Gasteiger partial charge in [-0.05, 0) is 36.6 Å². The molecule has 1 amide bonds. The van der Waals surface area contributed by atoms with Gasteiger partial charge in [-0.3, -0.25) is 4.79 Å². The van der Waals surface area contributed by atoms with Gasteiger partial charge in [0, 0.05) is 17.5 Å². The zero-order valence-electron chi connectivity index (χ0n) is 14.1. The maximum atomic E-state index is 13.3. The first kappa shape index (κ1) is 17.1. The molecule has 3 aromatic rings. The minimum absolute atomic E-state index is 0.106. The van der Waals surface area contributed by atoms with Crippen molar-refractivity contribution >= 4 is 45.7 Å². The number of carbonyl (C=O) groups is 1. The number of aromatic hydroxyl groups is 1. The molecular weight excluding hydrogens is 370 g/mol. The van der Waals surface area contributed by atoms with E-state index in [1.165, 1.54) is 11.8 Å². The average molecular weight is 386 g/mol. The Kier molecular flexibility index (Phi) is 4.46. The largest absolute Gasteiger partial charge is 0.493 e. The van der Waals surface area contributed by atoms with E-state index in [0.29, 0.717) is 35.1 Å². The van der Waals surface area contributed by atoms with Crippen LogP contribution in [0.4, 0.5) is 5.69 Å². The maximum absolute atomic E-state index is 13.3. The zero-order valence-corrected chi connectivity index (χ0v) is 15.6. The third-order valence-electron chi connectivity index (χ3n) is 4.53. The molecule has 26 heavy (non-hydrogen) atoms. The first-order chi connectivity index (χ1) is 12.6. The lowest BCUT2D eigenvalue weighted by molar-refractivity contribution is 0.0982. The fourth-order valence-corrected chi connectivity index (χ4v) is 3.96. The summed E-state index contributed by atoms with van der Waals surface area (Å²) >= 11 is 7.73. The van der Waals surface area contributed by atoms with Crippen LogP contribution in [-0.4, -0.2) is 33.8 Å². The number of carbonyl (C=O) groups excluding carboxylic acids is 1. The van der Waals surface area contributed by atoms with Gasteiger partial charge in [-0.1, -0.05) is 47.6 Å². The van der Waals surface area contributed by atoms with Gasteiger partial charge in [-0.15, -0.1) is 0 Å². The lowest BCUT2D eigenvalue weighted by Gasteiger charge is -2.23. The lowest BCUT2D eigenvalue weighted by atomic mass is 10.1. The molecule has 2 aromatic carbocycles. The number of aromatic nitrogens is 2. The molecule has 0 fully saturated rings. The lowest BCUT2D eigenvalue weighted by Crippen LogP contribution is -2.31. The second-order valence-electron chi connectivity index (χ2n) is 6.04. The van der Waals surface area contributed by atoms with E-state index in [-0.39, 0.29) is 17.5 Å². The van der Waals surface area contributed by atoms with Crippen LogP contribution in [0.1, 0.15) is 22.5 Å². The van der Waals surface area contributed by atoms with Crippen LogP contribution in [0, 0.1) is 0 Å². The summed E-state index contributed by atoms with van der Waals surface area (Å²) in [6.07, 6.45) is 3.07. The summed E-state index contributed by atoms with van der Waals surface area (Å²) in [6.45, 7) is 0.521. The molecule has 0 aliphatic carbocycles. The van der Waals surface area contributed by atoms with E-state index < -0.39 is 0 Å². The van der Waals surface area contributed by atoms with Crippen molar-refractivity contribution in [2.75, 3.05) is 17.7 Å². The fourth-order valence-electron chi connectivity index (χ4n) is 3.32. The summed E-state index contributed by atoms with van der Waals surface area (Å²) in [7, 11) is 0. The van der Waals surface area contributed by atoms with Crippen LogP contribution >= 0.6 is 23.4 Å². The topological polar surface area (TPSA) is 66.3 Å². The minimum Gasteiger partial charge on any atom is -0.493 e. The highest BCUT2D eigenvalue weighted by molar-refractivity contribution is 7.98. The number of amides is 1. The molecule has 4 rings (SSSR count). The molecule has 0 unspecified atom stereocenters. The van der Waals surface area contributed by atoms with E-state index in [2.05, 4.69) is 9.97 Å². The molecule has 0 saturated carbocycles. The Bertz CT molecular complexity index is 1020. The van der Waals surface area contributed by atoms with E-state index in [0.717, 1.165) is 16.5 Å². The van der Waals surface area contributed by atoms with Gasteiger partial charge in [0.05, 0.1) is 10.7 Å². The molecule has 1 aliphatic heterocycles. The monoisotopic (exact) mass is 385 g/mol. The molecule has 0 spiro atoms. The third kappa shape index (κ3) is 2.79. The summed E-state index contributed by atoms with van der Waals surface area (Å²) in [5.41, 5.74) is 1.54. The SMILES string of the molecule is CSc1nc(O)c2c(n1)C(=O)N(c1cccc3cccc(Cl)c13)CCC2. The minimum atomic E-state index is -0.238. The van der Waals surface area contributed by atoms with Crippen molar-refractivity contribution in [2.45, 2.75) is 18.0 Å². The molecule has 1 N–H and O–H groups in total. The Morgan fingerprint density at radius 3 is 2.73 bits per heavy atom. The second-order valence-corrected chi connectivity index (χ2v) is 7.22. The predicted molar refractivity (Wildman–Crippen MR) is 104 cm³/mol. The first-order valence-corrected chi connectivity index (χ1v) is 9.83. The van der Waals surface area contributed by atoms with Crippen molar-refractivity contribution in [3.63, 3.8) is 0 Å². The van der Waals surface area contributed by atoms with Crippen LogP contribution in [-0.2, 0) is 6.42 Å². The van der Waals surface area contributed by atoms with E-state index in [1.807, 2.05) is 42.7 Å². The van der Waals surface area contributed by atoms with Gasteiger partial charge >= 0.3 is 0 Å². The summed E-state index contributed by atoms with van der Waals surface area (Å²) in [5.74, 6) is -0.344. The van der Waals surface area contributed by atoms with Gasteiger partial charge in [-0.2, -0.15) is 4.98 Å². The molecule has 0 saturated heterocycles. The summed E-state index contributed by atoms with van der Waals surface area (Å²) in [5, 5.41) is 13.0. The number of rotatable bonds is 2. The Morgan fingerprint density at radius 1 is 1.19 bits per heavy atom. The molecule has 0 bridgehead atoms. The molecule has 0 radical (unpaired) electrons. The van der Waals surface area contributed by atoms with Crippen molar-refractivity contribution in [3.05, 3.63) is 52.7 Å². The van der Waals surface area contributed by atoms with Crippen LogP contribution in [0.2, 0.25) is 5.02 Å². The van der Waals surface area contributed by atoms with E-state index in [9.17, 15) is 9.90 Å². The second kappa shape index (κ2) is 6.78. The zero-order chi connectivity index (χ0) is 18.3. The fraction of sp³-hybridized carbons (Fsp3) is 0.211. The molecule has 1 aromatic heterocycles. The van der Waals surface area contributed by atoms with Crippen molar-refractivity contribution in [2.24, 2.45) is 0 Å². The number of anilines is 1. The molecular formula is C19H16ClN3O2S. The summed E-state index contributed by atoms with van der Waals surface area (Å²) < 4.78 is 0. The first-order valence-electron chi connectivity index (χ1n) is 8.23. The van der Waals surface area contributed by atoms with Gasteiger partial charge in [0.1, 0.15) is 5.69 Å². The number of fused-ring (bicyclic) bond motifs is 2. The Hall–Kier alpha value is -2.31. The number of nitrogens with zero attached hydrogens (tertiary/aromatic N) is 3. The van der Waals surface area contributed by atoms with Crippen molar-refractivity contribution in [1.82, 2.24) is 9.97 Å². The van der Waals surface area contributed by atoms with Gasteiger partial charge < -0.3 is 10.0 Å². The number of hydrogen-bond acceptors (Lipinski definition) is 5. The number of thioether (sulfide) groups is 1.